The fourth-order valence-corrected chi connectivity index (χ4v) is 4.62. The van der Waals surface area contributed by atoms with Crippen molar-refractivity contribution in [3.05, 3.63) is 35.4 Å². The Bertz CT molecular complexity index is 967. The quantitative estimate of drug-likeness (QED) is 0.573. The SMILES string of the molecule is COC[C@H]1C[C@@H](C(=O)Cc2cc(-c3cncc(NCC4(C)CCOCC4)n3)c(Cl)cn2)CN1. The van der Waals surface area contributed by atoms with Gasteiger partial charge in [0.05, 0.1) is 29.7 Å². The molecule has 2 N–H and O–H groups in total. The maximum absolute atomic E-state index is 12.8. The van der Waals surface area contributed by atoms with Gasteiger partial charge in [0.15, 0.2) is 0 Å². The number of carbonyl (C=O) groups is 1. The molecule has 0 aliphatic carbocycles. The Hall–Kier alpha value is -2.13. The first-order chi connectivity index (χ1) is 16.0. The highest BCUT2D eigenvalue weighted by atomic mass is 35.5. The molecule has 0 bridgehead atoms. The lowest BCUT2D eigenvalue weighted by molar-refractivity contribution is -0.121. The van der Waals surface area contributed by atoms with Gasteiger partial charge < -0.3 is 20.1 Å². The van der Waals surface area contributed by atoms with Crippen molar-refractivity contribution in [3.63, 3.8) is 0 Å². The first-order valence-corrected chi connectivity index (χ1v) is 11.9. The number of halogens is 1. The predicted octanol–water partition coefficient (Wildman–Crippen LogP) is 3.16. The van der Waals surface area contributed by atoms with Gasteiger partial charge in [0.25, 0.3) is 0 Å². The van der Waals surface area contributed by atoms with Crippen molar-refractivity contribution in [2.45, 2.75) is 38.6 Å². The van der Waals surface area contributed by atoms with Gasteiger partial charge in [-0.05, 0) is 30.7 Å². The topological polar surface area (TPSA) is 98.3 Å². The van der Waals surface area contributed by atoms with E-state index in [1.54, 1.807) is 25.7 Å². The van der Waals surface area contributed by atoms with Gasteiger partial charge in [0.1, 0.15) is 11.6 Å². The van der Waals surface area contributed by atoms with E-state index in [9.17, 15) is 4.79 Å². The standard InChI is InChI=1S/C24H32ClN5O3/c1-24(3-5-33-6-4-24)15-29-23-13-26-12-21(30-23)19-8-17(28-11-20(19)25)9-22(31)16-7-18(14-32-2)27-10-16/h8,11-13,16,18,27H,3-7,9-10,14-15H2,1-2H3,(H,29,30)/t16-,18-/m1/s1. The minimum absolute atomic E-state index is 0.0232. The van der Waals surface area contributed by atoms with Crippen LogP contribution in [0.5, 0.6) is 0 Å². The summed E-state index contributed by atoms with van der Waals surface area (Å²) >= 11 is 6.45. The number of Topliss-reactive ketones (excluding diaryl/α,β-unsaturated/α-hetero) is 1. The number of nitrogens with one attached hydrogen (secondary N) is 2. The molecule has 2 saturated heterocycles. The van der Waals surface area contributed by atoms with E-state index in [1.165, 1.54) is 0 Å². The molecule has 0 aromatic carbocycles. The highest BCUT2D eigenvalue weighted by molar-refractivity contribution is 6.33. The van der Waals surface area contributed by atoms with Crippen LogP contribution in [-0.4, -0.2) is 66.8 Å². The average Bonchev–Trinajstić information content (AvgIpc) is 3.29. The number of carbonyl (C=O) groups excluding carboxylic acids is 1. The summed E-state index contributed by atoms with van der Waals surface area (Å²) in [4.78, 5) is 26.3. The molecule has 2 fully saturated rings. The van der Waals surface area contributed by atoms with Gasteiger partial charge in [-0.25, -0.2) is 4.98 Å². The lowest BCUT2D eigenvalue weighted by atomic mass is 9.82. The summed E-state index contributed by atoms with van der Waals surface area (Å²) in [5, 5.41) is 7.25. The number of hydrogen-bond acceptors (Lipinski definition) is 8. The summed E-state index contributed by atoms with van der Waals surface area (Å²) < 4.78 is 10.7. The third kappa shape index (κ3) is 6.26. The number of methoxy groups -OCH3 is 1. The number of aromatic nitrogens is 3. The van der Waals surface area contributed by atoms with Crippen LogP contribution in [0.15, 0.2) is 24.7 Å². The van der Waals surface area contributed by atoms with Gasteiger partial charge in [0, 0.05) is 69.2 Å². The largest absolute Gasteiger partial charge is 0.383 e. The van der Waals surface area contributed by atoms with Crippen molar-refractivity contribution < 1.29 is 14.3 Å². The molecule has 2 aromatic heterocycles. The first kappa shape index (κ1) is 24.0. The van der Waals surface area contributed by atoms with Crippen LogP contribution < -0.4 is 10.6 Å². The van der Waals surface area contributed by atoms with Gasteiger partial charge in [-0.3, -0.25) is 14.8 Å². The highest BCUT2D eigenvalue weighted by Crippen LogP contribution is 2.31. The third-order valence-electron chi connectivity index (χ3n) is 6.62. The van der Waals surface area contributed by atoms with Crippen LogP contribution >= 0.6 is 11.6 Å². The van der Waals surface area contributed by atoms with Crippen LogP contribution in [0.3, 0.4) is 0 Å². The van der Waals surface area contributed by atoms with Crippen LogP contribution in [0.1, 0.15) is 31.9 Å². The normalized spacial score (nSPS) is 22.3. The fourth-order valence-electron chi connectivity index (χ4n) is 4.42. The molecule has 0 unspecified atom stereocenters. The maximum atomic E-state index is 12.8. The Balaban J connectivity index is 1.43. The van der Waals surface area contributed by atoms with Crippen molar-refractivity contribution >= 4 is 23.2 Å². The minimum atomic E-state index is -0.0232. The second-order valence-electron chi connectivity index (χ2n) is 9.36. The Kier molecular flexibility index (Phi) is 7.90. The molecule has 2 atom stereocenters. The maximum Gasteiger partial charge on any atom is 0.145 e. The molecule has 2 aliphatic heterocycles. The van der Waals surface area contributed by atoms with E-state index in [4.69, 9.17) is 26.1 Å². The summed E-state index contributed by atoms with van der Waals surface area (Å²) in [6.45, 7) is 5.95. The number of pyridine rings is 1. The minimum Gasteiger partial charge on any atom is -0.383 e. The van der Waals surface area contributed by atoms with Crippen LogP contribution in [0.2, 0.25) is 5.02 Å². The summed E-state index contributed by atoms with van der Waals surface area (Å²) in [6.07, 6.45) is 8.08. The van der Waals surface area contributed by atoms with E-state index in [0.29, 0.717) is 35.4 Å². The second-order valence-corrected chi connectivity index (χ2v) is 9.77. The molecule has 0 amide bonds. The second kappa shape index (κ2) is 10.9. The van der Waals surface area contributed by atoms with Crippen molar-refractivity contribution in [1.29, 1.82) is 0 Å². The Morgan fingerprint density at radius 2 is 2.15 bits per heavy atom. The van der Waals surface area contributed by atoms with Crippen molar-refractivity contribution in [2.24, 2.45) is 11.3 Å². The van der Waals surface area contributed by atoms with Crippen LogP contribution in [0.25, 0.3) is 11.3 Å². The smallest absolute Gasteiger partial charge is 0.145 e. The van der Waals surface area contributed by atoms with Gasteiger partial charge in [-0.1, -0.05) is 18.5 Å². The van der Waals surface area contributed by atoms with Crippen molar-refractivity contribution in [3.8, 4) is 11.3 Å². The molecule has 0 radical (unpaired) electrons. The molecule has 0 spiro atoms. The fraction of sp³-hybridized carbons (Fsp3) is 0.583. The van der Waals surface area contributed by atoms with E-state index >= 15 is 0 Å². The van der Waals surface area contributed by atoms with Crippen LogP contribution in [-0.2, 0) is 20.7 Å². The zero-order valence-electron chi connectivity index (χ0n) is 19.3. The number of anilines is 1. The van der Waals surface area contributed by atoms with Crippen LogP contribution in [0.4, 0.5) is 5.82 Å². The zero-order chi connectivity index (χ0) is 23.3. The predicted molar refractivity (Wildman–Crippen MR) is 127 cm³/mol. The highest BCUT2D eigenvalue weighted by Gasteiger charge is 2.30. The van der Waals surface area contributed by atoms with Crippen LogP contribution in [0, 0.1) is 11.3 Å². The molecule has 2 aromatic rings. The number of hydrogen-bond donors (Lipinski definition) is 2. The lowest BCUT2D eigenvalue weighted by Crippen LogP contribution is -2.33. The molecule has 0 saturated carbocycles. The molecule has 178 valence electrons. The van der Waals surface area contributed by atoms with Gasteiger partial charge in [-0.2, -0.15) is 0 Å². The van der Waals surface area contributed by atoms with Gasteiger partial charge >= 0.3 is 0 Å². The lowest BCUT2D eigenvalue weighted by Gasteiger charge is -2.33. The Morgan fingerprint density at radius 1 is 1.33 bits per heavy atom. The monoisotopic (exact) mass is 473 g/mol. The van der Waals surface area contributed by atoms with Gasteiger partial charge in [0.2, 0.25) is 0 Å². The molecular formula is C24H32ClN5O3. The molecule has 8 nitrogen and oxygen atoms in total. The van der Waals surface area contributed by atoms with E-state index in [2.05, 4.69) is 27.5 Å². The first-order valence-electron chi connectivity index (χ1n) is 11.5. The van der Waals surface area contributed by atoms with Crippen molar-refractivity contribution in [2.75, 3.05) is 45.3 Å². The molecule has 33 heavy (non-hydrogen) atoms. The van der Waals surface area contributed by atoms with E-state index in [1.807, 2.05) is 6.07 Å². The molecular weight excluding hydrogens is 442 g/mol. The van der Waals surface area contributed by atoms with E-state index in [-0.39, 0.29) is 29.6 Å². The molecule has 2 aliphatic rings. The van der Waals surface area contributed by atoms with E-state index < -0.39 is 0 Å². The summed E-state index contributed by atoms with van der Waals surface area (Å²) in [7, 11) is 1.68. The molecule has 4 rings (SSSR count). The number of ketones is 1. The van der Waals surface area contributed by atoms with E-state index in [0.717, 1.165) is 44.6 Å². The number of rotatable bonds is 9. The number of nitrogens with zero attached hydrogens (tertiary/aromatic N) is 3. The Labute approximate surface area is 199 Å². The zero-order valence-corrected chi connectivity index (χ0v) is 20.0. The summed E-state index contributed by atoms with van der Waals surface area (Å²) in [5.41, 5.74) is 2.24. The third-order valence-corrected chi connectivity index (χ3v) is 6.92. The Morgan fingerprint density at radius 3 is 2.94 bits per heavy atom. The molecule has 4 heterocycles. The van der Waals surface area contributed by atoms with Crippen molar-refractivity contribution in [1.82, 2.24) is 20.3 Å². The summed E-state index contributed by atoms with van der Waals surface area (Å²) in [6, 6.07) is 2.08. The summed E-state index contributed by atoms with van der Waals surface area (Å²) in [5.74, 6) is 0.852. The number of ether oxygens (including phenoxy) is 2. The average molecular weight is 474 g/mol. The molecule has 9 heteroatoms. The van der Waals surface area contributed by atoms with Gasteiger partial charge in [-0.15, -0.1) is 0 Å².